The normalized spacial score (nSPS) is 10.1. The van der Waals surface area contributed by atoms with Gasteiger partial charge in [0, 0.05) is 17.8 Å². The van der Waals surface area contributed by atoms with Crippen molar-refractivity contribution < 1.29 is 9.53 Å². The monoisotopic (exact) mass is 243 g/mol. The zero-order chi connectivity index (χ0) is 13.0. The van der Waals surface area contributed by atoms with Gasteiger partial charge in [-0.1, -0.05) is 30.3 Å². The van der Waals surface area contributed by atoms with Crippen LogP contribution < -0.4 is 5.56 Å². The molecule has 0 radical (unpaired) electrons. The van der Waals surface area contributed by atoms with Crippen LogP contribution in [-0.4, -0.2) is 17.6 Å². The molecule has 0 aliphatic carbocycles. The van der Waals surface area contributed by atoms with E-state index in [2.05, 4.69) is 4.98 Å². The average Bonchev–Trinajstić information content (AvgIpc) is 2.40. The Balaban J connectivity index is 2.55. The van der Waals surface area contributed by atoms with Crippen LogP contribution in [0.4, 0.5) is 0 Å². The van der Waals surface area contributed by atoms with E-state index in [9.17, 15) is 9.59 Å². The summed E-state index contributed by atoms with van der Waals surface area (Å²) in [5.41, 5.74) is 1.51. The van der Waals surface area contributed by atoms with Crippen LogP contribution in [0, 0.1) is 0 Å². The van der Waals surface area contributed by atoms with Gasteiger partial charge in [0.25, 0.3) is 0 Å². The Morgan fingerprint density at radius 2 is 2.00 bits per heavy atom. The Morgan fingerprint density at radius 1 is 1.28 bits per heavy atom. The fourth-order valence-electron chi connectivity index (χ4n) is 1.71. The van der Waals surface area contributed by atoms with Gasteiger partial charge in [-0.3, -0.25) is 4.79 Å². The van der Waals surface area contributed by atoms with Crippen molar-refractivity contribution in [2.45, 2.75) is 6.92 Å². The lowest BCUT2D eigenvalue weighted by Gasteiger charge is -2.08. The molecule has 0 unspecified atom stereocenters. The summed E-state index contributed by atoms with van der Waals surface area (Å²) >= 11 is 0. The summed E-state index contributed by atoms with van der Waals surface area (Å²) in [5.74, 6) is -0.437. The van der Waals surface area contributed by atoms with E-state index < -0.39 is 5.97 Å². The predicted molar refractivity (Wildman–Crippen MR) is 68.5 cm³/mol. The lowest BCUT2D eigenvalue weighted by Crippen LogP contribution is -2.12. The topological polar surface area (TPSA) is 59.2 Å². The number of aromatic nitrogens is 1. The molecule has 1 N–H and O–H groups in total. The Labute approximate surface area is 104 Å². The number of aromatic amines is 1. The maximum Gasteiger partial charge on any atom is 0.340 e. The number of carbonyl (C=O) groups excluding carboxylic acids is 1. The highest BCUT2D eigenvalue weighted by molar-refractivity contribution is 5.96. The number of pyridine rings is 1. The molecule has 4 heteroatoms. The SMILES string of the molecule is CCOC(=O)c1c[nH]c(=O)cc1-c1ccccc1. The molecule has 2 aromatic rings. The van der Waals surface area contributed by atoms with Crippen molar-refractivity contribution >= 4 is 5.97 Å². The number of benzene rings is 1. The molecule has 2 rings (SSSR count). The summed E-state index contributed by atoms with van der Waals surface area (Å²) < 4.78 is 4.97. The maximum atomic E-state index is 11.8. The van der Waals surface area contributed by atoms with E-state index in [1.807, 2.05) is 30.3 Å². The zero-order valence-corrected chi connectivity index (χ0v) is 9.97. The number of ether oxygens (including phenoxy) is 1. The number of H-pyrrole nitrogens is 1. The highest BCUT2D eigenvalue weighted by Gasteiger charge is 2.14. The minimum atomic E-state index is -0.437. The highest BCUT2D eigenvalue weighted by Crippen LogP contribution is 2.21. The average molecular weight is 243 g/mol. The molecule has 0 fully saturated rings. The predicted octanol–water partition coefficient (Wildman–Crippen LogP) is 2.22. The van der Waals surface area contributed by atoms with Crippen molar-refractivity contribution in [3.8, 4) is 11.1 Å². The van der Waals surface area contributed by atoms with Gasteiger partial charge in [-0.2, -0.15) is 0 Å². The van der Waals surface area contributed by atoms with Gasteiger partial charge >= 0.3 is 5.97 Å². The van der Waals surface area contributed by atoms with Gasteiger partial charge in [-0.25, -0.2) is 4.79 Å². The molecular weight excluding hydrogens is 230 g/mol. The van der Waals surface area contributed by atoms with Crippen LogP contribution in [0.15, 0.2) is 47.4 Å². The summed E-state index contributed by atoms with van der Waals surface area (Å²) in [4.78, 5) is 25.7. The summed E-state index contributed by atoms with van der Waals surface area (Å²) in [6, 6.07) is 10.7. The van der Waals surface area contributed by atoms with Crippen molar-refractivity contribution in [1.82, 2.24) is 4.98 Å². The third kappa shape index (κ3) is 2.48. The highest BCUT2D eigenvalue weighted by atomic mass is 16.5. The van der Waals surface area contributed by atoms with E-state index in [1.165, 1.54) is 12.3 Å². The molecule has 92 valence electrons. The maximum absolute atomic E-state index is 11.8. The van der Waals surface area contributed by atoms with Crippen LogP contribution in [0.1, 0.15) is 17.3 Å². The van der Waals surface area contributed by atoms with Crippen LogP contribution >= 0.6 is 0 Å². The minimum Gasteiger partial charge on any atom is -0.462 e. The summed E-state index contributed by atoms with van der Waals surface area (Å²) in [7, 11) is 0. The van der Waals surface area contributed by atoms with Crippen molar-refractivity contribution in [1.29, 1.82) is 0 Å². The summed E-state index contributed by atoms with van der Waals surface area (Å²) in [6.07, 6.45) is 1.39. The third-order valence-electron chi connectivity index (χ3n) is 2.50. The number of carbonyl (C=O) groups is 1. The summed E-state index contributed by atoms with van der Waals surface area (Å²) in [6.45, 7) is 2.04. The molecular formula is C14H13NO3. The fraction of sp³-hybridized carbons (Fsp3) is 0.143. The fourth-order valence-corrected chi connectivity index (χ4v) is 1.71. The van der Waals surface area contributed by atoms with E-state index in [1.54, 1.807) is 6.92 Å². The number of hydrogen-bond acceptors (Lipinski definition) is 3. The van der Waals surface area contributed by atoms with Gasteiger partial charge in [0.05, 0.1) is 12.2 Å². The minimum absolute atomic E-state index is 0.248. The first-order valence-corrected chi connectivity index (χ1v) is 5.67. The van der Waals surface area contributed by atoms with Crippen molar-refractivity contribution in [3.63, 3.8) is 0 Å². The molecule has 1 aromatic heterocycles. The van der Waals surface area contributed by atoms with Gasteiger partial charge in [-0.15, -0.1) is 0 Å². The van der Waals surface area contributed by atoms with Crippen LogP contribution in [0.3, 0.4) is 0 Å². The van der Waals surface area contributed by atoms with E-state index in [-0.39, 0.29) is 5.56 Å². The second-order valence-electron chi connectivity index (χ2n) is 3.71. The Morgan fingerprint density at radius 3 is 2.67 bits per heavy atom. The molecule has 0 atom stereocenters. The van der Waals surface area contributed by atoms with Crippen LogP contribution in [-0.2, 0) is 4.74 Å². The molecule has 0 saturated heterocycles. The standard InChI is InChI=1S/C14H13NO3/c1-2-18-14(17)12-9-15-13(16)8-11(12)10-6-4-3-5-7-10/h3-9H,2H2,1H3,(H,15,16). The van der Waals surface area contributed by atoms with Crippen molar-refractivity contribution in [2.75, 3.05) is 6.61 Å². The molecule has 0 bridgehead atoms. The number of nitrogens with one attached hydrogen (secondary N) is 1. The van der Waals surface area contributed by atoms with Crippen LogP contribution in [0.2, 0.25) is 0 Å². The summed E-state index contributed by atoms with van der Waals surface area (Å²) in [5, 5.41) is 0. The lowest BCUT2D eigenvalue weighted by molar-refractivity contribution is 0.0527. The van der Waals surface area contributed by atoms with Crippen molar-refractivity contribution in [2.24, 2.45) is 0 Å². The molecule has 0 aliphatic heterocycles. The molecule has 4 nitrogen and oxygen atoms in total. The quantitative estimate of drug-likeness (QED) is 0.841. The number of rotatable bonds is 3. The van der Waals surface area contributed by atoms with Gasteiger partial charge in [0.2, 0.25) is 5.56 Å². The molecule has 0 aliphatic rings. The lowest BCUT2D eigenvalue weighted by atomic mass is 10.0. The number of hydrogen-bond donors (Lipinski definition) is 1. The smallest absolute Gasteiger partial charge is 0.340 e. The first-order valence-electron chi connectivity index (χ1n) is 5.67. The largest absolute Gasteiger partial charge is 0.462 e. The Kier molecular flexibility index (Phi) is 3.57. The molecule has 1 aromatic carbocycles. The first kappa shape index (κ1) is 12.1. The molecule has 0 amide bonds. The number of esters is 1. The van der Waals surface area contributed by atoms with Crippen LogP contribution in [0.25, 0.3) is 11.1 Å². The van der Waals surface area contributed by atoms with Gasteiger partial charge < -0.3 is 9.72 Å². The molecule has 0 spiro atoms. The van der Waals surface area contributed by atoms with Gasteiger partial charge in [0.1, 0.15) is 0 Å². The van der Waals surface area contributed by atoms with Crippen LogP contribution in [0.5, 0.6) is 0 Å². The first-order chi connectivity index (χ1) is 8.72. The third-order valence-corrected chi connectivity index (χ3v) is 2.50. The zero-order valence-electron chi connectivity index (χ0n) is 9.97. The Bertz CT molecular complexity index is 602. The molecule has 0 saturated carbocycles. The van der Waals surface area contributed by atoms with E-state index in [0.717, 1.165) is 5.56 Å². The van der Waals surface area contributed by atoms with E-state index in [4.69, 9.17) is 4.74 Å². The van der Waals surface area contributed by atoms with E-state index in [0.29, 0.717) is 17.7 Å². The molecule has 18 heavy (non-hydrogen) atoms. The van der Waals surface area contributed by atoms with Crippen molar-refractivity contribution in [3.05, 3.63) is 58.5 Å². The molecule has 1 heterocycles. The van der Waals surface area contributed by atoms with Gasteiger partial charge in [-0.05, 0) is 12.5 Å². The second-order valence-corrected chi connectivity index (χ2v) is 3.71. The van der Waals surface area contributed by atoms with Gasteiger partial charge in [0.15, 0.2) is 0 Å². The Hall–Kier alpha value is -2.36. The second kappa shape index (κ2) is 5.31. The van der Waals surface area contributed by atoms with E-state index >= 15 is 0 Å².